The Kier molecular flexibility index (Phi) is 4.29. The standard InChI is InChI=1S/C14H13NO2S/c1-17-12-6-4-11(5-7-12)14(15-10-16)9-13-3-2-8-18-13/h2-8,14H,9H2,1H3. The summed E-state index contributed by atoms with van der Waals surface area (Å²) in [6, 6.07) is 11.5. The zero-order valence-electron chi connectivity index (χ0n) is 10.00. The van der Waals surface area contributed by atoms with Crippen LogP contribution in [-0.2, 0) is 11.2 Å². The quantitative estimate of drug-likeness (QED) is 0.610. The Morgan fingerprint density at radius 3 is 2.67 bits per heavy atom. The van der Waals surface area contributed by atoms with Crippen molar-refractivity contribution in [3.63, 3.8) is 0 Å². The van der Waals surface area contributed by atoms with Crippen LogP contribution in [0.3, 0.4) is 0 Å². The lowest BCUT2D eigenvalue weighted by Gasteiger charge is -2.10. The highest BCUT2D eigenvalue weighted by molar-refractivity contribution is 7.09. The summed E-state index contributed by atoms with van der Waals surface area (Å²) in [6.07, 6.45) is 2.38. The molecular weight excluding hydrogens is 246 g/mol. The minimum Gasteiger partial charge on any atom is -0.497 e. The number of benzene rings is 1. The van der Waals surface area contributed by atoms with Gasteiger partial charge in [-0.05, 0) is 29.1 Å². The molecule has 0 bridgehead atoms. The molecule has 92 valence electrons. The molecule has 0 amide bonds. The molecule has 1 aromatic carbocycles. The molecule has 1 unspecified atom stereocenters. The van der Waals surface area contributed by atoms with Crippen LogP contribution in [0.2, 0.25) is 0 Å². The van der Waals surface area contributed by atoms with Gasteiger partial charge in [-0.25, -0.2) is 4.79 Å². The van der Waals surface area contributed by atoms with Crippen LogP contribution < -0.4 is 4.74 Å². The Morgan fingerprint density at radius 2 is 2.11 bits per heavy atom. The average molecular weight is 259 g/mol. The fourth-order valence-electron chi connectivity index (χ4n) is 1.75. The molecule has 3 nitrogen and oxygen atoms in total. The van der Waals surface area contributed by atoms with Gasteiger partial charge in [0.1, 0.15) is 5.75 Å². The van der Waals surface area contributed by atoms with Crippen LogP contribution in [-0.4, -0.2) is 13.2 Å². The number of thiophene rings is 1. The number of aliphatic imine (C=N–C) groups is 1. The first-order chi connectivity index (χ1) is 8.83. The molecule has 0 aliphatic heterocycles. The number of hydrogen-bond donors (Lipinski definition) is 0. The number of isocyanates is 1. The van der Waals surface area contributed by atoms with Crippen LogP contribution in [0.4, 0.5) is 0 Å². The van der Waals surface area contributed by atoms with Gasteiger partial charge < -0.3 is 4.74 Å². The summed E-state index contributed by atoms with van der Waals surface area (Å²) in [4.78, 5) is 15.6. The van der Waals surface area contributed by atoms with Gasteiger partial charge in [-0.3, -0.25) is 0 Å². The Hall–Kier alpha value is -1.90. The smallest absolute Gasteiger partial charge is 0.235 e. The summed E-state index contributed by atoms with van der Waals surface area (Å²) in [5.41, 5.74) is 0.993. The van der Waals surface area contributed by atoms with E-state index in [9.17, 15) is 4.79 Å². The van der Waals surface area contributed by atoms with Gasteiger partial charge in [0, 0.05) is 11.3 Å². The minimum absolute atomic E-state index is 0.174. The van der Waals surface area contributed by atoms with E-state index in [1.54, 1.807) is 24.5 Å². The maximum atomic E-state index is 10.5. The van der Waals surface area contributed by atoms with Gasteiger partial charge in [0.25, 0.3) is 0 Å². The molecule has 0 saturated heterocycles. The van der Waals surface area contributed by atoms with Crippen LogP contribution in [0.25, 0.3) is 0 Å². The highest BCUT2D eigenvalue weighted by Gasteiger charge is 2.11. The van der Waals surface area contributed by atoms with Crippen molar-refractivity contribution >= 4 is 17.4 Å². The summed E-state index contributed by atoms with van der Waals surface area (Å²) in [5.74, 6) is 0.795. The lowest BCUT2D eigenvalue weighted by molar-refractivity contribution is 0.414. The second kappa shape index (κ2) is 6.15. The Balaban J connectivity index is 2.20. The third-order valence-corrected chi connectivity index (χ3v) is 3.58. The van der Waals surface area contributed by atoms with Gasteiger partial charge in [0.15, 0.2) is 0 Å². The van der Waals surface area contributed by atoms with Crippen molar-refractivity contribution in [2.45, 2.75) is 12.5 Å². The van der Waals surface area contributed by atoms with Crippen molar-refractivity contribution in [3.05, 3.63) is 52.2 Å². The highest BCUT2D eigenvalue weighted by Crippen LogP contribution is 2.25. The number of carbonyl (C=O) groups excluding carboxylic acids is 1. The van der Waals surface area contributed by atoms with Crippen LogP contribution in [0.5, 0.6) is 5.75 Å². The molecule has 0 N–H and O–H groups in total. The Bertz CT molecular complexity index is 527. The number of rotatable bonds is 5. The molecule has 0 saturated carbocycles. The highest BCUT2D eigenvalue weighted by atomic mass is 32.1. The molecule has 0 radical (unpaired) electrons. The van der Waals surface area contributed by atoms with Crippen LogP contribution in [0.1, 0.15) is 16.5 Å². The normalized spacial score (nSPS) is 11.6. The van der Waals surface area contributed by atoms with Crippen molar-refractivity contribution in [2.75, 3.05) is 7.11 Å². The predicted octanol–water partition coefficient (Wildman–Crippen LogP) is 3.38. The summed E-state index contributed by atoms with van der Waals surface area (Å²) < 4.78 is 5.11. The molecule has 2 rings (SSSR count). The maximum Gasteiger partial charge on any atom is 0.235 e. The van der Waals surface area contributed by atoms with E-state index in [1.807, 2.05) is 41.8 Å². The second-order valence-electron chi connectivity index (χ2n) is 3.79. The Labute approximate surface area is 110 Å². The third-order valence-electron chi connectivity index (χ3n) is 2.68. The van der Waals surface area contributed by atoms with Crippen molar-refractivity contribution < 1.29 is 9.53 Å². The van der Waals surface area contributed by atoms with E-state index in [0.29, 0.717) is 0 Å². The van der Waals surface area contributed by atoms with E-state index >= 15 is 0 Å². The first-order valence-corrected chi connectivity index (χ1v) is 6.44. The molecule has 4 heteroatoms. The topological polar surface area (TPSA) is 38.7 Å². The first kappa shape index (κ1) is 12.6. The molecule has 18 heavy (non-hydrogen) atoms. The number of nitrogens with zero attached hydrogens (tertiary/aromatic N) is 1. The molecule has 0 spiro atoms. The predicted molar refractivity (Wildman–Crippen MR) is 71.9 cm³/mol. The summed E-state index contributed by atoms with van der Waals surface area (Å²) >= 11 is 1.66. The fraction of sp³-hybridized carbons (Fsp3) is 0.214. The largest absolute Gasteiger partial charge is 0.497 e. The van der Waals surface area contributed by atoms with Gasteiger partial charge in [-0.2, -0.15) is 4.99 Å². The molecule has 0 aliphatic rings. The molecule has 1 heterocycles. The molecule has 1 aromatic heterocycles. The molecular formula is C14H13NO2S. The van der Waals surface area contributed by atoms with E-state index in [2.05, 4.69) is 4.99 Å². The van der Waals surface area contributed by atoms with Gasteiger partial charge in [0.05, 0.1) is 13.2 Å². The molecule has 0 aliphatic carbocycles. The molecule has 0 fully saturated rings. The van der Waals surface area contributed by atoms with Crippen LogP contribution in [0.15, 0.2) is 46.8 Å². The van der Waals surface area contributed by atoms with Gasteiger partial charge in [-0.1, -0.05) is 18.2 Å². The van der Waals surface area contributed by atoms with E-state index in [-0.39, 0.29) is 6.04 Å². The second-order valence-corrected chi connectivity index (χ2v) is 4.83. The van der Waals surface area contributed by atoms with Gasteiger partial charge in [0.2, 0.25) is 6.08 Å². The zero-order chi connectivity index (χ0) is 12.8. The Morgan fingerprint density at radius 1 is 1.33 bits per heavy atom. The zero-order valence-corrected chi connectivity index (χ0v) is 10.8. The first-order valence-electron chi connectivity index (χ1n) is 5.57. The van der Waals surface area contributed by atoms with E-state index in [1.165, 1.54) is 4.88 Å². The summed E-state index contributed by atoms with van der Waals surface area (Å²) in [7, 11) is 1.63. The third kappa shape index (κ3) is 3.06. The fourth-order valence-corrected chi connectivity index (χ4v) is 2.49. The SMILES string of the molecule is COc1ccc(C(Cc2cccs2)N=C=O)cc1. The number of methoxy groups -OCH3 is 1. The van der Waals surface area contributed by atoms with E-state index in [0.717, 1.165) is 17.7 Å². The van der Waals surface area contributed by atoms with E-state index in [4.69, 9.17) is 4.74 Å². The van der Waals surface area contributed by atoms with Gasteiger partial charge in [-0.15, -0.1) is 11.3 Å². The van der Waals surface area contributed by atoms with Crippen LogP contribution >= 0.6 is 11.3 Å². The van der Waals surface area contributed by atoms with Crippen LogP contribution in [0, 0.1) is 0 Å². The number of hydrogen-bond acceptors (Lipinski definition) is 4. The van der Waals surface area contributed by atoms with Crippen molar-refractivity contribution in [1.82, 2.24) is 0 Å². The van der Waals surface area contributed by atoms with E-state index < -0.39 is 0 Å². The summed E-state index contributed by atoms with van der Waals surface area (Å²) in [5, 5.41) is 2.02. The average Bonchev–Trinajstić information content (AvgIpc) is 2.91. The monoisotopic (exact) mass is 259 g/mol. The number of ether oxygens (including phenoxy) is 1. The molecule has 2 aromatic rings. The van der Waals surface area contributed by atoms with Crippen molar-refractivity contribution in [3.8, 4) is 5.75 Å². The van der Waals surface area contributed by atoms with Gasteiger partial charge >= 0.3 is 0 Å². The summed E-state index contributed by atoms with van der Waals surface area (Å²) in [6.45, 7) is 0. The van der Waals surface area contributed by atoms with Crippen molar-refractivity contribution in [2.24, 2.45) is 4.99 Å². The minimum atomic E-state index is -0.174. The maximum absolute atomic E-state index is 10.5. The lowest BCUT2D eigenvalue weighted by Crippen LogP contribution is -1.99. The molecule has 1 atom stereocenters. The van der Waals surface area contributed by atoms with Crippen molar-refractivity contribution in [1.29, 1.82) is 0 Å². The lowest BCUT2D eigenvalue weighted by atomic mass is 10.0.